The van der Waals surface area contributed by atoms with Crippen molar-refractivity contribution in [3.8, 4) is 11.5 Å². The largest absolute Gasteiger partial charge is 0.507 e. The summed E-state index contributed by atoms with van der Waals surface area (Å²) in [4.78, 5) is 27.0. The molecule has 1 aliphatic rings. The smallest absolute Gasteiger partial charge is 0.295 e. The molecule has 1 heterocycles. The molecule has 0 aromatic heterocycles. The number of carbonyl (C=O) groups excluding carboxylic acids is 2. The van der Waals surface area contributed by atoms with Gasteiger partial charge >= 0.3 is 0 Å². The number of rotatable bonds is 6. The van der Waals surface area contributed by atoms with E-state index in [1.807, 2.05) is 19.1 Å². The first-order valence-electron chi connectivity index (χ1n) is 9.54. The quantitative estimate of drug-likeness (QED) is 0.431. The summed E-state index contributed by atoms with van der Waals surface area (Å²) in [6.07, 6.45) is -0.866. The molecule has 0 saturated carbocycles. The van der Waals surface area contributed by atoms with Crippen LogP contribution >= 0.6 is 0 Å². The molecule has 1 amide bonds. The van der Waals surface area contributed by atoms with Gasteiger partial charge in [-0.25, -0.2) is 0 Å². The highest BCUT2D eigenvalue weighted by molar-refractivity contribution is 6.46. The van der Waals surface area contributed by atoms with Gasteiger partial charge in [-0.05, 0) is 26.0 Å². The SMILES string of the molecule is COc1ccc(C2C(=C(O)c3ccc(C)cc3)C(=O)C(=O)N2CC(C)O)c(OC)c1. The minimum atomic E-state index is -0.915. The number of likely N-dealkylation sites (tertiary alicyclic amines) is 1. The fourth-order valence-corrected chi connectivity index (χ4v) is 3.59. The van der Waals surface area contributed by atoms with Gasteiger partial charge in [0.05, 0.1) is 31.9 Å². The number of ketones is 1. The zero-order valence-electron chi connectivity index (χ0n) is 17.4. The summed E-state index contributed by atoms with van der Waals surface area (Å²) in [6.45, 7) is 3.37. The minimum absolute atomic E-state index is 0.0482. The van der Waals surface area contributed by atoms with Crippen molar-refractivity contribution in [3.05, 3.63) is 64.7 Å². The molecule has 2 atom stereocenters. The number of hydrogen-bond acceptors (Lipinski definition) is 6. The van der Waals surface area contributed by atoms with Crippen LogP contribution in [0, 0.1) is 6.92 Å². The second kappa shape index (κ2) is 8.59. The monoisotopic (exact) mass is 411 g/mol. The molecule has 2 aromatic carbocycles. The van der Waals surface area contributed by atoms with E-state index >= 15 is 0 Å². The lowest BCUT2D eigenvalue weighted by molar-refractivity contribution is -0.140. The highest BCUT2D eigenvalue weighted by atomic mass is 16.5. The lowest BCUT2D eigenvalue weighted by atomic mass is 9.94. The number of aryl methyl sites for hydroxylation is 1. The van der Waals surface area contributed by atoms with Crippen molar-refractivity contribution in [3.63, 3.8) is 0 Å². The molecule has 158 valence electrons. The van der Waals surface area contributed by atoms with E-state index < -0.39 is 23.8 Å². The summed E-state index contributed by atoms with van der Waals surface area (Å²) in [6, 6.07) is 11.1. The molecular formula is C23H25NO6. The van der Waals surface area contributed by atoms with E-state index in [0.29, 0.717) is 22.6 Å². The van der Waals surface area contributed by atoms with E-state index in [1.54, 1.807) is 30.3 Å². The number of hydrogen-bond donors (Lipinski definition) is 2. The standard InChI is InChI=1S/C23H25NO6/c1-13-5-7-15(8-6-13)21(26)19-20(24(12-14(2)25)23(28)22(19)27)17-10-9-16(29-3)11-18(17)30-4/h5-11,14,20,25-26H,12H2,1-4H3. The average molecular weight is 411 g/mol. The van der Waals surface area contributed by atoms with Crippen LogP contribution in [0.2, 0.25) is 0 Å². The van der Waals surface area contributed by atoms with Crippen LogP contribution in [0.1, 0.15) is 29.7 Å². The molecule has 1 saturated heterocycles. The molecule has 1 fully saturated rings. The van der Waals surface area contributed by atoms with Crippen LogP contribution in [0.4, 0.5) is 0 Å². The maximum atomic E-state index is 12.9. The van der Waals surface area contributed by atoms with Gasteiger partial charge in [0.25, 0.3) is 11.7 Å². The fraction of sp³-hybridized carbons (Fsp3) is 0.304. The van der Waals surface area contributed by atoms with Crippen molar-refractivity contribution in [1.82, 2.24) is 4.90 Å². The Balaban J connectivity index is 2.24. The van der Waals surface area contributed by atoms with Gasteiger partial charge in [-0.1, -0.05) is 29.8 Å². The molecule has 0 bridgehead atoms. The van der Waals surface area contributed by atoms with Crippen LogP contribution < -0.4 is 9.47 Å². The van der Waals surface area contributed by atoms with Crippen LogP contribution in [0.3, 0.4) is 0 Å². The van der Waals surface area contributed by atoms with Gasteiger partial charge in [0.15, 0.2) is 0 Å². The van der Waals surface area contributed by atoms with Crippen LogP contribution in [0.5, 0.6) is 11.5 Å². The molecule has 30 heavy (non-hydrogen) atoms. The third-order valence-electron chi connectivity index (χ3n) is 5.06. The first kappa shape index (κ1) is 21.4. The first-order valence-corrected chi connectivity index (χ1v) is 9.54. The summed E-state index contributed by atoms with van der Waals surface area (Å²) in [5.41, 5.74) is 1.88. The number of aliphatic hydroxyl groups is 2. The molecule has 0 aliphatic carbocycles. The first-order chi connectivity index (χ1) is 14.3. The van der Waals surface area contributed by atoms with E-state index in [0.717, 1.165) is 5.56 Å². The Bertz CT molecular complexity index is 993. The highest BCUT2D eigenvalue weighted by Gasteiger charge is 2.47. The second-order valence-corrected chi connectivity index (χ2v) is 7.27. The molecule has 0 spiro atoms. The van der Waals surface area contributed by atoms with Crippen molar-refractivity contribution in [2.75, 3.05) is 20.8 Å². The maximum Gasteiger partial charge on any atom is 0.295 e. The molecule has 1 aliphatic heterocycles. The van der Waals surface area contributed by atoms with Crippen molar-refractivity contribution in [1.29, 1.82) is 0 Å². The van der Waals surface area contributed by atoms with Crippen molar-refractivity contribution < 1.29 is 29.3 Å². The number of benzene rings is 2. The number of amides is 1. The molecule has 3 rings (SSSR count). The van der Waals surface area contributed by atoms with E-state index in [4.69, 9.17) is 9.47 Å². The summed E-state index contributed by atoms with van der Waals surface area (Å²) in [7, 11) is 2.99. The third kappa shape index (κ3) is 3.89. The zero-order chi connectivity index (χ0) is 22.0. The normalized spacial score (nSPS) is 19.1. The summed E-state index contributed by atoms with van der Waals surface area (Å²) in [5.74, 6) is -0.929. The molecule has 2 unspecified atom stereocenters. The Morgan fingerprint density at radius 2 is 1.77 bits per heavy atom. The van der Waals surface area contributed by atoms with Crippen LogP contribution in [-0.2, 0) is 9.59 Å². The minimum Gasteiger partial charge on any atom is -0.507 e. The summed E-state index contributed by atoms with van der Waals surface area (Å²) in [5, 5.41) is 20.9. The van der Waals surface area contributed by atoms with Gasteiger partial charge in [0.1, 0.15) is 17.3 Å². The summed E-state index contributed by atoms with van der Waals surface area (Å²) >= 11 is 0. The van der Waals surface area contributed by atoms with E-state index in [2.05, 4.69) is 0 Å². The molecule has 2 N–H and O–H groups in total. The van der Waals surface area contributed by atoms with Crippen LogP contribution in [0.25, 0.3) is 5.76 Å². The number of carbonyl (C=O) groups is 2. The van der Waals surface area contributed by atoms with Crippen LogP contribution in [0.15, 0.2) is 48.0 Å². The van der Waals surface area contributed by atoms with Gasteiger partial charge < -0.3 is 24.6 Å². The number of nitrogens with zero attached hydrogens (tertiary/aromatic N) is 1. The lowest BCUT2D eigenvalue weighted by Crippen LogP contribution is -2.35. The third-order valence-corrected chi connectivity index (χ3v) is 5.06. The number of Topliss-reactive ketones (excluding diaryl/α,β-unsaturated/α-hetero) is 1. The fourth-order valence-electron chi connectivity index (χ4n) is 3.59. The second-order valence-electron chi connectivity index (χ2n) is 7.27. The van der Waals surface area contributed by atoms with E-state index in [9.17, 15) is 19.8 Å². The Labute approximate surface area is 175 Å². The Morgan fingerprint density at radius 3 is 2.33 bits per heavy atom. The molecule has 7 heteroatoms. The van der Waals surface area contributed by atoms with Gasteiger partial charge in [0.2, 0.25) is 0 Å². The predicted octanol–water partition coefficient (Wildman–Crippen LogP) is 2.81. The van der Waals surface area contributed by atoms with Crippen molar-refractivity contribution in [2.24, 2.45) is 0 Å². The average Bonchev–Trinajstić information content (AvgIpc) is 2.97. The maximum absolute atomic E-state index is 12.9. The van der Waals surface area contributed by atoms with Crippen molar-refractivity contribution in [2.45, 2.75) is 26.0 Å². The van der Waals surface area contributed by atoms with Crippen molar-refractivity contribution >= 4 is 17.4 Å². The topological polar surface area (TPSA) is 96.3 Å². The molecule has 7 nitrogen and oxygen atoms in total. The number of β-amino-alcohol motifs (C(OH)–C–C–N with tert-alkyl or cyclic N) is 1. The van der Waals surface area contributed by atoms with Gasteiger partial charge in [-0.3, -0.25) is 9.59 Å². The van der Waals surface area contributed by atoms with E-state index in [-0.39, 0.29) is 17.9 Å². The summed E-state index contributed by atoms with van der Waals surface area (Å²) < 4.78 is 10.7. The Kier molecular flexibility index (Phi) is 6.12. The van der Waals surface area contributed by atoms with Gasteiger partial charge in [-0.15, -0.1) is 0 Å². The Morgan fingerprint density at radius 1 is 1.10 bits per heavy atom. The zero-order valence-corrected chi connectivity index (χ0v) is 17.4. The number of ether oxygens (including phenoxy) is 2. The number of methoxy groups -OCH3 is 2. The molecule has 0 radical (unpaired) electrons. The van der Waals surface area contributed by atoms with Gasteiger partial charge in [0, 0.05) is 23.7 Å². The predicted molar refractivity (Wildman–Crippen MR) is 111 cm³/mol. The van der Waals surface area contributed by atoms with Crippen LogP contribution in [-0.4, -0.2) is 53.7 Å². The highest BCUT2D eigenvalue weighted by Crippen LogP contribution is 2.43. The van der Waals surface area contributed by atoms with E-state index in [1.165, 1.54) is 26.0 Å². The molecule has 2 aromatic rings. The van der Waals surface area contributed by atoms with Gasteiger partial charge in [-0.2, -0.15) is 0 Å². The Hall–Kier alpha value is -3.32. The molecular weight excluding hydrogens is 386 g/mol. The number of aliphatic hydroxyl groups excluding tert-OH is 2. The lowest BCUT2D eigenvalue weighted by Gasteiger charge is -2.27.